The van der Waals surface area contributed by atoms with E-state index < -0.39 is 0 Å². The van der Waals surface area contributed by atoms with Crippen molar-refractivity contribution >= 4 is 24.0 Å². The molecule has 0 unspecified atom stereocenters. The predicted octanol–water partition coefficient (Wildman–Crippen LogP) is 1.95. The number of hydrogen-bond donors (Lipinski definition) is 0. The lowest BCUT2D eigenvalue weighted by molar-refractivity contribution is -0.301. The molecule has 1 aromatic rings. The third kappa shape index (κ3) is 3.18. The van der Waals surface area contributed by atoms with Crippen molar-refractivity contribution in [3.63, 3.8) is 0 Å². The van der Waals surface area contributed by atoms with Gasteiger partial charge in [0.25, 0.3) is 0 Å². The molecule has 0 fully saturated rings. The Morgan fingerprint density at radius 2 is 2.00 bits per heavy atom. The van der Waals surface area contributed by atoms with Crippen molar-refractivity contribution in [3.8, 4) is 0 Å². The lowest BCUT2D eigenvalue weighted by Crippen LogP contribution is -2.00. The molecule has 0 atom stereocenters. The van der Waals surface area contributed by atoms with Crippen LogP contribution in [0.25, 0.3) is 0 Å². The van der Waals surface area contributed by atoms with E-state index in [1.807, 2.05) is 24.3 Å². The van der Waals surface area contributed by atoms with Crippen molar-refractivity contribution in [2.45, 2.75) is 18.7 Å². The van der Waals surface area contributed by atoms with Crippen molar-refractivity contribution in [3.05, 3.63) is 36.1 Å². The first-order valence-electron chi connectivity index (χ1n) is 4.26. The van der Waals surface area contributed by atoms with Gasteiger partial charge in [-0.25, -0.2) is 0 Å². The topological polar surface area (TPSA) is 35.4 Å². The van der Waals surface area contributed by atoms with E-state index in [0.717, 1.165) is 5.69 Å². The highest BCUT2D eigenvalue weighted by molar-refractivity contribution is 7.59. The molecule has 0 N–H and O–H groups in total. The smallest absolute Gasteiger partial charge is 0.0441 e. The number of aliphatic imine (C=N–C) groups is 1. The third-order valence-electron chi connectivity index (χ3n) is 1.57. The van der Waals surface area contributed by atoms with Crippen LogP contribution in [0.15, 0.2) is 46.0 Å². The number of rotatable bonds is 2. The molecule has 0 spiro atoms. The summed E-state index contributed by atoms with van der Waals surface area (Å²) in [5, 5.41) is 10.8. The molecule has 1 aromatic carbocycles. The van der Waals surface area contributed by atoms with Gasteiger partial charge >= 0.3 is 0 Å². The number of hydrogen-bond acceptors (Lipinski definition) is 3. The van der Waals surface area contributed by atoms with Gasteiger partial charge in [-0.15, -0.1) is 10.7 Å². The number of allylic oxidation sites excluding steroid dienone is 2. The Kier molecular flexibility index (Phi) is 3.65. The molecule has 14 heavy (non-hydrogen) atoms. The van der Waals surface area contributed by atoms with E-state index in [9.17, 15) is 5.11 Å². The second-order valence-electron chi connectivity index (χ2n) is 2.98. The zero-order chi connectivity index (χ0) is 10.6. The molecule has 2 nitrogen and oxygen atoms in total. The van der Waals surface area contributed by atoms with Crippen LogP contribution in [0.4, 0.5) is 5.69 Å². The minimum absolute atomic E-state index is 0.00639. The molecule has 3 heteroatoms. The zero-order valence-electron chi connectivity index (χ0n) is 8.15. The second kappa shape index (κ2) is 4.77. The Labute approximate surface area is 89.4 Å². The summed E-state index contributed by atoms with van der Waals surface area (Å²) in [4.78, 5) is 4.93. The van der Waals surface area contributed by atoms with Crippen LogP contribution in [0.5, 0.6) is 0 Å². The van der Waals surface area contributed by atoms with Crippen molar-refractivity contribution in [2.75, 3.05) is 0 Å². The lowest BCUT2D eigenvalue weighted by atomic mass is 10.3. The Hall–Kier alpha value is -1.35. The van der Waals surface area contributed by atoms with Gasteiger partial charge in [-0.1, -0.05) is 31.2 Å². The molecule has 0 aliphatic heterocycles. The van der Waals surface area contributed by atoms with Gasteiger partial charge in [0.05, 0.1) is 0 Å². The van der Waals surface area contributed by atoms with Crippen LogP contribution in [-0.2, 0) is 12.6 Å². The molecule has 0 aromatic heterocycles. The highest BCUT2D eigenvalue weighted by Gasteiger charge is 1.88. The van der Waals surface area contributed by atoms with E-state index in [2.05, 4.69) is 4.99 Å². The van der Waals surface area contributed by atoms with E-state index in [4.69, 9.17) is 12.6 Å². The summed E-state index contributed by atoms with van der Waals surface area (Å²) >= 11 is 5.08. The lowest BCUT2D eigenvalue weighted by Gasteiger charge is -2.09. The number of nitrogens with zero attached hydrogens (tertiary/aromatic N) is 1. The molecule has 0 radical (unpaired) electrons. The molecule has 0 aliphatic carbocycles. The molecule has 0 amide bonds. The van der Waals surface area contributed by atoms with Crippen molar-refractivity contribution in [1.82, 2.24) is 0 Å². The van der Waals surface area contributed by atoms with Gasteiger partial charge in [-0.3, -0.25) is 4.99 Å². The number of para-hydroxylation sites is 1. The fraction of sp³-hybridized carbons (Fsp3) is 0.182. The average molecular weight is 205 g/mol. The predicted molar refractivity (Wildman–Crippen MR) is 58.6 cm³/mol. The molecular weight excluding hydrogens is 194 g/mol. The van der Waals surface area contributed by atoms with E-state index >= 15 is 0 Å². The zero-order valence-corrected chi connectivity index (χ0v) is 8.97. The van der Waals surface area contributed by atoms with Crippen molar-refractivity contribution < 1.29 is 5.11 Å². The van der Waals surface area contributed by atoms with Crippen molar-refractivity contribution in [2.24, 2.45) is 4.99 Å². The van der Waals surface area contributed by atoms with E-state index in [-0.39, 0.29) is 5.76 Å². The Balaban J connectivity index is 2.98. The first-order valence-corrected chi connectivity index (χ1v) is 4.67. The van der Waals surface area contributed by atoms with Crippen LogP contribution in [0.3, 0.4) is 0 Å². The standard InChI is InChI=1S/C11H13NOS/c1-8(7-9(2)13)12-10-5-3-4-6-11(10)14/h3-7,13-14H,1-2H3/p-2/b9-7+,12-8?. The van der Waals surface area contributed by atoms with Gasteiger partial charge < -0.3 is 17.7 Å². The van der Waals surface area contributed by atoms with Gasteiger partial charge in [0.15, 0.2) is 0 Å². The van der Waals surface area contributed by atoms with Gasteiger partial charge in [-0.05, 0) is 13.0 Å². The first kappa shape index (κ1) is 10.7. The second-order valence-corrected chi connectivity index (χ2v) is 3.42. The summed E-state index contributed by atoms with van der Waals surface area (Å²) in [7, 11) is 0. The molecule has 74 valence electrons. The van der Waals surface area contributed by atoms with E-state index in [0.29, 0.717) is 10.6 Å². The normalized spacial score (nSPS) is 13.0. The monoisotopic (exact) mass is 205 g/mol. The molecule has 0 saturated carbocycles. The van der Waals surface area contributed by atoms with Crippen LogP contribution >= 0.6 is 0 Å². The molecular formula is C11H11NOS-2. The van der Waals surface area contributed by atoms with Gasteiger partial charge in [0, 0.05) is 11.4 Å². The Morgan fingerprint density at radius 3 is 2.57 bits per heavy atom. The van der Waals surface area contributed by atoms with Gasteiger partial charge in [-0.2, -0.15) is 0 Å². The van der Waals surface area contributed by atoms with Crippen LogP contribution < -0.4 is 5.11 Å². The SMILES string of the molecule is CC(/C=C(\C)[O-])=Nc1ccccc1[S-]. The van der Waals surface area contributed by atoms with E-state index in [1.165, 1.54) is 13.0 Å². The Morgan fingerprint density at radius 1 is 1.36 bits per heavy atom. The fourth-order valence-electron chi connectivity index (χ4n) is 1.07. The maximum atomic E-state index is 10.8. The highest BCUT2D eigenvalue weighted by atomic mass is 32.1. The summed E-state index contributed by atoms with van der Waals surface area (Å²) in [6.45, 7) is 3.28. The largest absolute Gasteiger partial charge is 0.876 e. The van der Waals surface area contributed by atoms with Crippen LogP contribution in [0, 0.1) is 0 Å². The van der Waals surface area contributed by atoms with Gasteiger partial charge in [0.2, 0.25) is 0 Å². The molecule has 1 rings (SSSR count). The molecule has 0 bridgehead atoms. The Bertz CT molecular complexity index is 379. The van der Waals surface area contributed by atoms with E-state index in [1.54, 1.807) is 6.92 Å². The minimum atomic E-state index is -0.00639. The maximum absolute atomic E-state index is 10.8. The maximum Gasteiger partial charge on any atom is 0.0441 e. The van der Waals surface area contributed by atoms with Crippen LogP contribution in [-0.4, -0.2) is 5.71 Å². The third-order valence-corrected chi connectivity index (χ3v) is 1.92. The minimum Gasteiger partial charge on any atom is -0.876 e. The summed E-state index contributed by atoms with van der Waals surface area (Å²) in [5.74, 6) is -0.00639. The van der Waals surface area contributed by atoms with Crippen LogP contribution in [0.1, 0.15) is 13.8 Å². The quantitative estimate of drug-likeness (QED) is 0.420. The first-order chi connectivity index (χ1) is 6.59. The number of benzene rings is 1. The van der Waals surface area contributed by atoms with Gasteiger partial charge in [0.1, 0.15) is 0 Å². The summed E-state index contributed by atoms with van der Waals surface area (Å²) in [6.07, 6.45) is 1.49. The highest BCUT2D eigenvalue weighted by Crippen LogP contribution is 2.18. The van der Waals surface area contributed by atoms with Crippen molar-refractivity contribution in [1.29, 1.82) is 0 Å². The summed E-state index contributed by atoms with van der Waals surface area (Å²) in [5.41, 5.74) is 1.41. The molecule has 0 heterocycles. The summed E-state index contributed by atoms with van der Waals surface area (Å²) < 4.78 is 0. The fourth-order valence-corrected chi connectivity index (χ4v) is 1.26. The molecule has 0 saturated heterocycles. The van der Waals surface area contributed by atoms with Crippen LogP contribution in [0.2, 0.25) is 0 Å². The average Bonchev–Trinajstić information content (AvgIpc) is 2.07. The summed E-state index contributed by atoms with van der Waals surface area (Å²) in [6, 6.07) is 7.38. The molecule has 0 aliphatic rings.